The van der Waals surface area contributed by atoms with Crippen LogP contribution in [0.25, 0.3) is 0 Å². The zero-order valence-corrected chi connectivity index (χ0v) is 16.7. The van der Waals surface area contributed by atoms with E-state index < -0.39 is 5.60 Å². The number of amides is 1. The number of ether oxygens (including phenoxy) is 2. The summed E-state index contributed by atoms with van der Waals surface area (Å²) < 4.78 is 11.5. The second-order valence-corrected chi connectivity index (χ2v) is 10.0. The Kier molecular flexibility index (Phi) is 6.85. The third-order valence-corrected chi connectivity index (χ3v) is 6.14. The van der Waals surface area contributed by atoms with Gasteiger partial charge in [0.25, 0.3) is 0 Å². The first-order valence-electron chi connectivity index (χ1n) is 9.13. The van der Waals surface area contributed by atoms with Crippen LogP contribution in [-0.2, 0) is 9.47 Å². The lowest BCUT2D eigenvalue weighted by Gasteiger charge is -2.38. The molecule has 24 heavy (non-hydrogen) atoms. The SMILES string of the molecule is CC(CC1COCCN1C(=O)OC(C)(C)C)NCC1(C)CCCS1. The molecule has 2 heterocycles. The third kappa shape index (κ3) is 6.12. The fraction of sp³-hybridized carbons (Fsp3) is 0.944. The number of carbonyl (C=O) groups is 1. The van der Waals surface area contributed by atoms with Crippen LogP contribution in [0.3, 0.4) is 0 Å². The highest BCUT2D eigenvalue weighted by molar-refractivity contribution is 8.00. The molecule has 3 atom stereocenters. The van der Waals surface area contributed by atoms with Gasteiger partial charge in [0.05, 0.1) is 19.3 Å². The minimum Gasteiger partial charge on any atom is -0.444 e. The van der Waals surface area contributed by atoms with E-state index in [9.17, 15) is 4.79 Å². The molecule has 0 aromatic rings. The highest BCUT2D eigenvalue weighted by atomic mass is 32.2. The van der Waals surface area contributed by atoms with Crippen LogP contribution in [0.15, 0.2) is 0 Å². The van der Waals surface area contributed by atoms with Gasteiger partial charge in [-0.3, -0.25) is 0 Å². The fourth-order valence-electron chi connectivity index (χ4n) is 3.27. The van der Waals surface area contributed by atoms with Crippen molar-refractivity contribution in [3.05, 3.63) is 0 Å². The van der Waals surface area contributed by atoms with Crippen molar-refractivity contribution in [2.24, 2.45) is 0 Å². The Balaban J connectivity index is 1.84. The summed E-state index contributed by atoms with van der Waals surface area (Å²) in [7, 11) is 0. The lowest BCUT2D eigenvalue weighted by Crippen LogP contribution is -2.52. The van der Waals surface area contributed by atoms with Gasteiger partial charge in [-0.25, -0.2) is 4.79 Å². The van der Waals surface area contributed by atoms with Gasteiger partial charge in [-0.05, 0) is 59.6 Å². The van der Waals surface area contributed by atoms with E-state index >= 15 is 0 Å². The molecule has 0 saturated carbocycles. The van der Waals surface area contributed by atoms with Crippen LogP contribution in [0.2, 0.25) is 0 Å². The van der Waals surface area contributed by atoms with Gasteiger partial charge in [-0.2, -0.15) is 11.8 Å². The van der Waals surface area contributed by atoms with Crippen molar-refractivity contribution in [2.75, 3.05) is 32.1 Å². The van der Waals surface area contributed by atoms with Crippen LogP contribution in [0.5, 0.6) is 0 Å². The van der Waals surface area contributed by atoms with E-state index in [-0.39, 0.29) is 12.1 Å². The van der Waals surface area contributed by atoms with Crippen molar-refractivity contribution >= 4 is 17.9 Å². The normalized spacial score (nSPS) is 29.5. The minimum absolute atomic E-state index is 0.0835. The number of morpholine rings is 1. The lowest BCUT2D eigenvalue weighted by molar-refractivity contribution is -0.0356. The van der Waals surface area contributed by atoms with E-state index in [1.165, 1.54) is 18.6 Å². The first-order valence-corrected chi connectivity index (χ1v) is 10.1. The summed E-state index contributed by atoms with van der Waals surface area (Å²) in [4.78, 5) is 14.3. The Bertz CT molecular complexity index is 419. The van der Waals surface area contributed by atoms with E-state index in [1.54, 1.807) is 0 Å². The summed E-state index contributed by atoms with van der Waals surface area (Å²) in [5.41, 5.74) is -0.460. The maximum Gasteiger partial charge on any atom is 0.410 e. The van der Waals surface area contributed by atoms with E-state index in [0.29, 0.717) is 30.5 Å². The number of thioether (sulfide) groups is 1. The molecular weight excluding hydrogens is 324 g/mol. The summed E-state index contributed by atoms with van der Waals surface area (Å²) in [5.74, 6) is 1.27. The van der Waals surface area contributed by atoms with Gasteiger partial charge in [-0.1, -0.05) is 0 Å². The number of rotatable bonds is 5. The van der Waals surface area contributed by atoms with Crippen molar-refractivity contribution < 1.29 is 14.3 Å². The molecule has 6 heteroatoms. The summed E-state index contributed by atoms with van der Waals surface area (Å²) in [6.07, 6.45) is 3.27. The van der Waals surface area contributed by atoms with E-state index in [0.717, 1.165) is 13.0 Å². The predicted octanol–water partition coefficient (Wildman–Crippen LogP) is 3.28. The van der Waals surface area contributed by atoms with Gasteiger partial charge >= 0.3 is 6.09 Å². The molecule has 5 nitrogen and oxygen atoms in total. The number of carbonyl (C=O) groups excluding carboxylic acids is 1. The smallest absolute Gasteiger partial charge is 0.410 e. The highest BCUT2D eigenvalue weighted by Gasteiger charge is 2.33. The molecule has 2 fully saturated rings. The Morgan fingerprint density at radius 3 is 2.88 bits per heavy atom. The summed E-state index contributed by atoms with van der Waals surface area (Å²) in [5, 5.41) is 3.66. The van der Waals surface area contributed by atoms with Crippen molar-refractivity contribution in [1.29, 1.82) is 0 Å². The molecule has 2 aliphatic heterocycles. The van der Waals surface area contributed by atoms with Gasteiger partial charge in [0.2, 0.25) is 0 Å². The van der Waals surface area contributed by atoms with Crippen LogP contribution in [0, 0.1) is 0 Å². The maximum atomic E-state index is 12.4. The lowest BCUT2D eigenvalue weighted by atomic mass is 10.0. The van der Waals surface area contributed by atoms with Crippen LogP contribution >= 0.6 is 11.8 Å². The zero-order valence-electron chi connectivity index (χ0n) is 15.9. The largest absolute Gasteiger partial charge is 0.444 e. The average Bonchev–Trinajstić information content (AvgIpc) is 2.91. The molecule has 2 rings (SSSR count). The van der Waals surface area contributed by atoms with Gasteiger partial charge in [0.15, 0.2) is 0 Å². The average molecular weight is 359 g/mol. The van der Waals surface area contributed by atoms with E-state index in [1.807, 2.05) is 25.7 Å². The molecule has 2 saturated heterocycles. The van der Waals surface area contributed by atoms with Gasteiger partial charge in [-0.15, -0.1) is 0 Å². The summed E-state index contributed by atoms with van der Waals surface area (Å²) >= 11 is 2.07. The molecule has 0 bridgehead atoms. The van der Waals surface area contributed by atoms with E-state index in [4.69, 9.17) is 9.47 Å². The molecule has 0 radical (unpaired) electrons. The first-order chi connectivity index (χ1) is 11.2. The molecule has 0 aromatic carbocycles. The monoisotopic (exact) mass is 358 g/mol. The third-order valence-electron chi connectivity index (χ3n) is 4.61. The van der Waals surface area contributed by atoms with Gasteiger partial charge < -0.3 is 19.7 Å². The van der Waals surface area contributed by atoms with E-state index in [2.05, 4.69) is 30.9 Å². The number of hydrogen-bond acceptors (Lipinski definition) is 5. The van der Waals surface area contributed by atoms with Crippen LogP contribution < -0.4 is 5.32 Å². The second kappa shape index (κ2) is 8.28. The van der Waals surface area contributed by atoms with Crippen molar-refractivity contribution in [3.8, 4) is 0 Å². The van der Waals surface area contributed by atoms with Crippen LogP contribution in [-0.4, -0.2) is 65.5 Å². The maximum absolute atomic E-state index is 12.4. The van der Waals surface area contributed by atoms with Crippen LogP contribution in [0.1, 0.15) is 53.9 Å². The number of hydrogen-bond donors (Lipinski definition) is 1. The number of nitrogens with zero attached hydrogens (tertiary/aromatic N) is 1. The molecule has 2 aliphatic rings. The van der Waals surface area contributed by atoms with Crippen molar-refractivity contribution in [1.82, 2.24) is 10.2 Å². The van der Waals surface area contributed by atoms with Gasteiger partial charge in [0, 0.05) is 23.9 Å². The minimum atomic E-state index is -0.460. The van der Waals surface area contributed by atoms with Gasteiger partial charge in [0.1, 0.15) is 5.60 Å². The quantitative estimate of drug-likeness (QED) is 0.817. The zero-order chi connectivity index (χ0) is 17.8. The van der Waals surface area contributed by atoms with Crippen LogP contribution in [0.4, 0.5) is 4.79 Å². The predicted molar refractivity (Wildman–Crippen MR) is 99.7 cm³/mol. The second-order valence-electron chi connectivity index (χ2n) is 8.32. The topological polar surface area (TPSA) is 50.8 Å². The molecule has 1 N–H and O–H groups in total. The Labute approximate surface area is 151 Å². The molecule has 0 aliphatic carbocycles. The molecule has 1 amide bonds. The first kappa shape index (κ1) is 19.9. The molecule has 0 aromatic heterocycles. The Morgan fingerprint density at radius 2 is 2.25 bits per heavy atom. The molecular formula is C18H34N2O3S. The Morgan fingerprint density at radius 1 is 1.50 bits per heavy atom. The molecule has 3 unspecified atom stereocenters. The summed E-state index contributed by atoms with van der Waals surface area (Å²) in [6.45, 7) is 13.1. The van der Waals surface area contributed by atoms with Crippen molar-refractivity contribution in [2.45, 2.75) is 76.3 Å². The molecule has 140 valence electrons. The summed E-state index contributed by atoms with van der Waals surface area (Å²) in [6, 6.07) is 0.430. The Hall–Kier alpha value is -0.460. The number of nitrogens with one attached hydrogen (secondary N) is 1. The fourth-order valence-corrected chi connectivity index (χ4v) is 4.52. The van der Waals surface area contributed by atoms with Crippen molar-refractivity contribution in [3.63, 3.8) is 0 Å². The standard InChI is InChI=1S/C18H34N2O3S/c1-14(19-13-18(5)7-6-10-24-18)11-15-12-22-9-8-20(15)16(21)23-17(2,3)4/h14-15,19H,6-13H2,1-5H3. The highest BCUT2D eigenvalue weighted by Crippen LogP contribution is 2.37. The molecule has 0 spiro atoms.